The Kier molecular flexibility index (Phi) is 1.88. The molecule has 2 aromatic rings. The van der Waals surface area contributed by atoms with Gasteiger partial charge in [-0.15, -0.1) is 0 Å². The Morgan fingerprint density at radius 2 is 1.56 bits per heavy atom. The molecule has 3 rings (SSSR count). The molecule has 0 radical (unpaired) electrons. The molecular weight excluding hydrogens is 200 g/mol. The van der Waals surface area contributed by atoms with E-state index in [2.05, 4.69) is 0 Å². The first-order valence-electron chi connectivity index (χ1n) is 5.19. The van der Waals surface area contributed by atoms with Crippen LogP contribution in [0.25, 0.3) is 11.1 Å². The van der Waals surface area contributed by atoms with Gasteiger partial charge in [0.1, 0.15) is 0 Å². The molecule has 0 bridgehead atoms. The molecule has 1 unspecified atom stereocenters. The molecule has 3 nitrogen and oxygen atoms in total. The molecule has 2 aromatic carbocycles. The molecule has 0 aromatic heterocycles. The van der Waals surface area contributed by atoms with Crippen LogP contribution in [0.5, 0.6) is 0 Å². The molecule has 3 heteroatoms. The highest BCUT2D eigenvalue weighted by Crippen LogP contribution is 2.40. The summed E-state index contributed by atoms with van der Waals surface area (Å²) >= 11 is 0. The molecule has 0 fully saturated rings. The number of benzene rings is 2. The maximum Gasteiger partial charge on any atom is 0.285 e. The molecule has 1 aliphatic heterocycles. The summed E-state index contributed by atoms with van der Waals surface area (Å²) in [5.41, 5.74) is 9.46. The van der Waals surface area contributed by atoms with Crippen LogP contribution in [0.2, 0.25) is 0 Å². The maximum atomic E-state index is 12.0. The SMILES string of the molecule is NC1c2ccccc2-c2ccccc2[N+]1=O. The Hall–Kier alpha value is -2.00. The maximum absolute atomic E-state index is 12.0. The van der Waals surface area contributed by atoms with E-state index >= 15 is 0 Å². The summed E-state index contributed by atoms with van der Waals surface area (Å²) in [6, 6.07) is 15.3. The lowest BCUT2D eigenvalue weighted by Crippen LogP contribution is -2.24. The number of fused-ring (bicyclic) bond motifs is 3. The van der Waals surface area contributed by atoms with Gasteiger partial charge in [0, 0.05) is 16.5 Å². The molecule has 1 heterocycles. The highest BCUT2D eigenvalue weighted by molar-refractivity contribution is 5.77. The molecule has 1 aliphatic rings. The summed E-state index contributed by atoms with van der Waals surface area (Å²) < 4.78 is 0.873. The van der Waals surface area contributed by atoms with Crippen LogP contribution in [0, 0.1) is 4.91 Å². The van der Waals surface area contributed by atoms with Gasteiger partial charge in [-0.05, 0) is 11.6 Å². The Bertz CT molecular complexity index is 578. The Morgan fingerprint density at radius 1 is 0.938 bits per heavy atom. The molecule has 78 valence electrons. The van der Waals surface area contributed by atoms with Crippen molar-refractivity contribution in [3.05, 3.63) is 59.0 Å². The van der Waals surface area contributed by atoms with Gasteiger partial charge in [-0.3, -0.25) is 5.73 Å². The zero-order chi connectivity index (χ0) is 11.1. The summed E-state index contributed by atoms with van der Waals surface area (Å²) in [6.07, 6.45) is -0.605. The van der Waals surface area contributed by atoms with Crippen LogP contribution < -0.4 is 5.73 Å². The van der Waals surface area contributed by atoms with Crippen LogP contribution in [-0.4, -0.2) is 4.76 Å². The predicted octanol–water partition coefficient (Wildman–Crippen LogP) is 2.73. The van der Waals surface area contributed by atoms with E-state index in [-0.39, 0.29) is 0 Å². The van der Waals surface area contributed by atoms with E-state index in [0.29, 0.717) is 5.69 Å². The molecule has 0 amide bonds. The zero-order valence-corrected chi connectivity index (χ0v) is 8.63. The first kappa shape index (κ1) is 9.24. The fourth-order valence-electron chi connectivity index (χ4n) is 2.17. The smallest absolute Gasteiger partial charge is 0.265 e. The molecule has 0 saturated heterocycles. The molecule has 0 spiro atoms. The minimum absolute atomic E-state index is 0.605. The number of hydrogen-bond acceptors (Lipinski definition) is 2. The Labute approximate surface area is 93.1 Å². The Morgan fingerprint density at radius 3 is 2.38 bits per heavy atom. The largest absolute Gasteiger partial charge is 0.285 e. The lowest BCUT2D eigenvalue weighted by molar-refractivity contribution is -0.512. The standard InChI is InChI=1S/C13H11N2O/c14-13-11-7-2-1-5-9(11)10-6-3-4-8-12(10)15(13)16/h1-8,13H,14H2/q+1. The first-order chi connectivity index (χ1) is 7.79. The highest BCUT2D eigenvalue weighted by Gasteiger charge is 2.35. The van der Waals surface area contributed by atoms with Gasteiger partial charge in [-0.2, -0.15) is 0 Å². The van der Waals surface area contributed by atoms with Gasteiger partial charge < -0.3 is 0 Å². The van der Waals surface area contributed by atoms with Gasteiger partial charge >= 0.3 is 0 Å². The molecular formula is C13H11N2O+. The number of nitroso groups, excluding NO2 is 1. The van der Waals surface area contributed by atoms with Crippen molar-refractivity contribution < 1.29 is 4.76 Å². The van der Waals surface area contributed by atoms with Crippen molar-refractivity contribution in [2.75, 3.05) is 0 Å². The predicted molar refractivity (Wildman–Crippen MR) is 62.1 cm³/mol. The van der Waals surface area contributed by atoms with E-state index in [9.17, 15) is 4.91 Å². The van der Waals surface area contributed by atoms with Gasteiger partial charge in [0.2, 0.25) is 0 Å². The number of para-hydroxylation sites is 1. The Balaban J connectivity index is 2.37. The minimum atomic E-state index is -0.605. The third kappa shape index (κ3) is 1.12. The van der Waals surface area contributed by atoms with Gasteiger partial charge in [0.05, 0.1) is 10.3 Å². The normalized spacial score (nSPS) is 17.8. The fourth-order valence-corrected chi connectivity index (χ4v) is 2.17. The fraction of sp³-hybridized carbons (Fsp3) is 0.0769. The number of nitrogens with two attached hydrogens (primary N) is 1. The van der Waals surface area contributed by atoms with Crippen LogP contribution in [-0.2, 0) is 0 Å². The van der Waals surface area contributed by atoms with Crippen LogP contribution >= 0.6 is 0 Å². The van der Waals surface area contributed by atoms with Crippen molar-refractivity contribution >= 4 is 5.69 Å². The van der Waals surface area contributed by atoms with E-state index in [1.165, 1.54) is 0 Å². The lowest BCUT2D eigenvalue weighted by Gasteiger charge is -2.16. The first-order valence-corrected chi connectivity index (χ1v) is 5.19. The lowest BCUT2D eigenvalue weighted by atomic mass is 9.93. The van der Waals surface area contributed by atoms with Crippen LogP contribution in [0.3, 0.4) is 0 Å². The molecule has 2 N–H and O–H groups in total. The monoisotopic (exact) mass is 211 g/mol. The second kappa shape index (κ2) is 3.25. The van der Waals surface area contributed by atoms with Crippen molar-refractivity contribution in [2.45, 2.75) is 6.17 Å². The van der Waals surface area contributed by atoms with Gasteiger partial charge in [-0.25, -0.2) is 0 Å². The minimum Gasteiger partial charge on any atom is -0.265 e. The number of hydrogen-bond donors (Lipinski definition) is 1. The highest BCUT2D eigenvalue weighted by atomic mass is 16.3. The van der Waals surface area contributed by atoms with Gasteiger partial charge in [0.15, 0.2) is 0 Å². The van der Waals surface area contributed by atoms with Crippen molar-refractivity contribution in [1.29, 1.82) is 0 Å². The molecule has 1 atom stereocenters. The van der Waals surface area contributed by atoms with Crippen LogP contribution in [0.4, 0.5) is 5.69 Å². The van der Waals surface area contributed by atoms with Crippen molar-refractivity contribution in [2.24, 2.45) is 5.73 Å². The van der Waals surface area contributed by atoms with E-state index in [1.54, 1.807) is 6.07 Å². The molecule has 0 aliphatic carbocycles. The van der Waals surface area contributed by atoms with E-state index in [0.717, 1.165) is 21.5 Å². The van der Waals surface area contributed by atoms with E-state index < -0.39 is 6.17 Å². The quantitative estimate of drug-likeness (QED) is 0.681. The zero-order valence-electron chi connectivity index (χ0n) is 8.63. The number of nitrogens with zero attached hydrogens (tertiary/aromatic N) is 1. The topological polar surface area (TPSA) is 46.1 Å². The molecule has 16 heavy (non-hydrogen) atoms. The third-order valence-corrected chi connectivity index (χ3v) is 2.96. The van der Waals surface area contributed by atoms with Crippen molar-refractivity contribution in [3.63, 3.8) is 0 Å². The van der Waals surface area contributed by atoms with Crippen molar-refractivity contribution in [3.8, 4) is 11.1 Å². The van der Waals surface area contributed by atoms with Crippen LogP contribution in [0.15, 0.2) is 48.5 Å². The average Bonchev–Trinajstić information content (AvgIpc) is 2.36. The second-order valence-electron chi connectivity index (χ2n) is 3.88. The average molecular weight is 211 g/mol. The summed E-state index contributed by atoms with van der Waals surface area (Å²) in [6.45, 7) is 0. The summed E-state index contributed by atoms with van der Waals surface area (Å²) in [7, 11) is 0. The van der Waals surface area contributed by atoms with Crippen molar-refractivity contribution in [1.82, 2.24) is 0 Å². The van der Waals surface area contributed by atoms with Crippen LogP contribution in [0.1, 0.15) is 11.7 Å². The van der Waals surface area contributed by atoms with Gasteiger partial charge in [0.25, 0.3) is 11.9 Å². The summed E-state index contributed by atoms with van der Waals surface area (Å²) in [5, 5.41) is 0. The van der Waals surface area contributed by atoms with E-state index in [1.807, 2.05) is 42.5 Å². The second-order valence-corrected chi connectivity index (χ2v) is 3.88. The van der Waals surface area contributed by atoms with Gasteiger partial charge in [-0.1, -0.05) is 36.4 Å². The summed E-state index contributed by atoms with van der Waals surface area (Å²) in [4.78, 5) is 12.0. The number of rotatable bonds is 0. The van der Waals surface area contributed by atoms with E-state index in [4.69, 9.17) is 5.73 Å². The molecule has 0 saturated carbocycles. The third-order valence-electron chi connectivity index (χ3n) is 2.96. The summed E-state index contributed by atoms with van der Waals surface area (Å²) in [5.74, 6) is 0.